The summed E-state index contributed by atoms with van der Waals surface area (Å²) in [5.41, 5.74) is 7.45. The van der Waals surface area contributed by atoms with Crippen LogP contribution in [0, 0.1) is 12.8 Å². The molecule has 20 heavy (non-hydrogen) atoms. The van der Waals surface area contributed by atoms with Gasteiger partial charge in [-0.15, -0.1) is 0 Å². The maximum Gasteiger partial charge on any atom is 0.228 e. The van der Waals surface area contributed by atoms with Crippen LogP contribution >= 0.6 is 27.7 Å². The van der Waals surface area contributed by atoms with Gasteiger partial charge in [-0.05, 0) is 34.3 Å². The van der Waals surface area contributed by atoms with Crippen molar-refractivity contribution < 1.29 is 9.59 Å². The largest absolute Gasteiger partial charge is 0.395 e. The Kier molecular flexibility index (Phi) is 4.70. The molecular weight excluding hydrogens is 342 g/mol. The third kappa shape index (κ3) is 3.15. The Labute approximate surface area is 130 Å². The summed E-state index contributed by atoms with van der Waals surface area (Å²) in [6.45, 7) is 3.99. The van der Waals surface area contributed by atoms with Crippen LogP contribution in [0.3, 0.4) is 0 Å². The first-order chi connectivity index (χ1) is 9.40. The lowest BCUT2D eigenvalue weighted by atomic mass is 10.1. The van der Waals surface area contributed by atoms with E-state index >= 15 is 0 Å². The fraction of sp³-hybridized carbons (Fsp3) is 0.462. The normalized spacial score (nSPS) is 18.6. The maximum absolute atomic E-state index is 12.1. The number of rotatable bonds is 3. The van der Waals surface area contributed by atoms with Crippen molar-refractivity contribution in [2.24, 2.45) is 5.92 Å². The van der Waals surface area contributed by atoms with Crippen molar-refractivity contribution in [3.63, 3.8) is 0 Å². The van der Waals surface area contributed by atoms with Gasteiger partial charge in [0, 0.05) is 36.3 Å². The molecule has 2 heterocycles. The number of carbonyl (C=O) groups is 2. The van der Waals surface area contributed by atoms with E-state index in [4.69, 9.17) is 5.73 Å². The zero-order chi connectivity index (χ0) is 14.9. The van der Waals surface area contributed by atoms with Gasteiger partial charge in [-0.2, -0.15) is 0 Å². The van der Waals surface area contributed by atoms with Crippen LogP contribution in [-0.4, -0.2) is 28.3 Å². The third-order valence-electron chi connectivity index (χ3n) is 3.29. The van der Waals surface area contributed by atoms with Gasteiger partial charge in [-0.3, -0.25) is 14.5 Å². The standard InChI is InChI=1S/C13H16BrN3O2S/c1-7-10(14)4-16-13(12(7)15)17-5-9(3-11(17)19)6-20-8(2)18/h4,9H,3,5-6,15H2,1-2H3. The third-order valence-corrected chi connectivity index (χ3v) is 5.13. The molecule has 2 rings (SSSR count). The van der Waals surface area contributed by atoms with E-state index in [0.29, 0.717) is 30.2 Å². The van der Waals surface area contributed by atoms with Crippen LogP contribution in [0.15, 0.2) is 10.7 Å². The van der Waals surface area contributed by atoms with Gasteiger partial charge in [0.25, 0.3) is 0 Å². The molecule has 0 aliphatic carbocycles. The summed E-state index contributed by atoms with van der Waals surface area (Å²) in [5, 5.41) is 0.0769. The Morgan fingerprint density at radius 3 is 3.00 bits per heavy atom. The second-order valence-corrected chi connectivity index (χ2v) is 6.90. The molecule has 1 aromatic heterocycles. The predicted molar refractivity (Wildman–Crippen MR) is 84.7 cm³/mol. The Balaban J connectivity index is 2.16. The number of nitrogen functional groups attached to an aromatic ring is 1. The topological polar surface area (TPSA) is 76.3 Å². The highest BCUT2D eigenvalue weighted by Gasteiger charge is 2.32. The Bertz CT molecular complexity index is 565. The smallest absolute Gasteiger partial charge is 0.228 e. The number of carbonyl (C=O) groups excluding carboxylic acids is 2. The van der Waals surface area contributed by atoms with Gasteiger partial charge < -0.3 is 5.73 Å². The molecule has 1 aliphatic rings. The van der Waals surface area contributed by atoms with E-state index in [-0.39, 0.29) is 16.9 Å². The fourth-order valence-corrected chi connectivity index (χ4v) is 3.14. The Morgan fingerprint density at radius 1 is 1.65 bits per heavy atom. The molecular formula is C13H16BrN3O2S. The van der Waals surface area contributed by atoms with Crippen molar-refractivity contribution in [3.8, 4) is 0 Å². The molecule has 1 saturated heterocycles. The molecule has 0 aromatic carbocycles. The number of nitrogens with two attached hydrogens (primary N) is 1. The van der Waals surface area contributed by atoms with Gasteiger partial charge in [0.1, 0.15) is 0 Å². The quantitative estimate of drug-likeness (QED) is 0.898. The lowest BCUT2D eigenvalue weighted by Gasteiger charge is -2.19. The predicted octanol–water partition coefficient (Wildman–Crippen LogP) is 2.37. The number of hydrogen-bond donors (Lipinski definition) is 1. The average Bonchev–Trinajstić information content (AvgIpc) is 2.75. The molecule has 1 unspecified atom stereocenters. The number of thioether (sulfide) groups is 1. The zero-order valence-electron chi connectivity index (χ0n) is 11.4. The van der Waals surface area contributed by atoms with Gasteiger partial charge in [0.2, 0.25) is 5.91 Å². The number of hydrogen-bond acceptors (Lipinski definition) is 5. The van der Waals surface area contributed by atoms with Gasteiger partial charge in [-0.25, -0.2) is 4.98 Å². The summed E-state index contributed by atoms with van der Waals surface area (Å²) >= 11 is 4.63. The molecule has 108 valence electrons. The number of anilines is 2. The minimum Gasteiger partial charge on any atom is -0.395 e. The summed E-state index contributed by atoms with van der Waals surface area (Å²) in [4.78, 5) is 29.0. The number of halogens is 1. The summed E-state index contributed by atoms with van der Waals surface area (Å²) in [6.07, 6.45) is 2.10. The van der Waals surface area contributed by atoms with Gasteiger partial charge in [0.15, 0.2) is 10.9 Å². The van der Waals surface area contributed by atoms with Gasteiger partial charge in [0.05, 0.1) is 5.69 Å². The van der Waals surface area contributed by atoms with Crippen molar-refractivity contribution >= 4 is 50.2 Å². The molecule has 1 atom stereocenters. The summed E-state index contributed by atoms with van der Waals surface area (Å²) in [6, 6.07) is 0. The van der Waals surface area contributed by atoms with E-state index in [1.807, 2.05) is 6.92 Å². The highest BCUT2D eigenvalue weighted by Crippen LogP contribution is 2.33. The van der Waals surface area contributed by atoms with Crippen LogP contribution in [0.2, 0.25) is 0 Å². The highest BCUT2D eigenvalue weighted by atomic mass is 79.9. The molecule has 0 saturated carbocycles. The van der Waals surface area contributed by atoms with Crippen molar-refractivity contribution in [1.29, 1.82) is 0 Å². The molecule has 1 aromatic rings. The zero-order valence-corrected chi connectivity index (χ0v) is 13.8. The van der Waals surface area contributed by atoms with E-state index in [1.165, 1.54) is 18.7 Å². The molecule has 2 N–H and O–H groups in total. The number of pyridine rings is 1. The van der Waals surface area contributed by atoms with E-state index in [1.54, 1.807) is 11.1 Å². The number of aromatic nitrogens is 1. The van der Waals surface area contributed by atoms with Crippen molar-refractivity contribution in [1.82, 2.24) is 4.98 Å². The molecule has 1 aliphatic heterocycles. The fourth-order valence-electron chi connectivity index (χ4n) is 2.13. The molecule has 5 nitrogen and oxygen atoms in total. The first-order valence-corrected chi connectivity index (χ1v) is 8.02. The van der Waals surface area contributed by atoms with Crippen LogP contribution in [0.5, 0.6) is 0 Å². The molecule has 1 fully saturated rings. The van der Waals surface area contributed by atoms with Crippen molar-refractivity contribution in [2.45, 2.75) is 20.3 Å². The van der Waals surface area contributed by atoms with Gasteiger partial charge >= 0.3 is 0 Å². The lowest BCUT2D eigenvalue weighted by molar-refractivity contribution is -0.117. The van der Waals surface area contributed by atoms with Crippen LogP contribution < -0.4 is 10.6 Å². The monoisotopic (exact) mass is 357 g/mol. The van der Waals surface area contributed by atoms with Gasteiger partial charge in [-0.1, -0.05) is 11.8 Å². The summed E-state index contributed by atoms with van der Waals surface area (Å²) in [5.74, 6) is 1.36. The Morgan fingerprint density at radius 2 is 2.35 bits per heavy atom. The van der Waals surface area contributed by atoms with Crippen LogP contribution in [0.25, 0.3) is 0 Å². The Hall–Kier alpha value is -1.08. The molecule has 0 radical (unpaired) electrons. The second-order valence-electron chi connectivity index (χ2n) is 4.85. The second kappa shape index (κ2) is 6.13. The first kappa shape index (κ1) is 15.3. The van der Waals surface area contributed by atoms with E-state index in [2.05, 4.69) is 20.9 Å². The van der Waals surface area contributed by atoms with Crippen LogP contribution in [0.4, 0.5) is 11.5 Å². The molecule has 0 bridgehead atoms. The molecule has 7 heteroatoms. The number of nitrogens with zero attached hydrogens (tertiary/aromatic N) is 2. The number of amides is 1. The maximum atomic E-state index is 12.1. The van der Waals surface area contributed by atoms with Crippen LogP contribution in [-0.2, 0) is 9.59 Å². The van der Waals surface area contributed by atoms with E-state index < -0.39 is 0 Å². The highest BCUT2D eigenvalue weighted by molar-refractivity contribution is 9.10. The SMILES string of the molecule is CC(=O)SCC1CC(=O)N(c2ncc(Br)c(C)c2N)C1. The minimum absolute atomic E-state index is 0.0140. The summed E-state index contributed by atoms with van der Waals surface area (Å²) < 4.78 is 0.828. The molecule has 1 amide bonds. The average molecular weight is 358 g/mol. The minimum atomic E-state index is 0.0140. The first-order valence-electron chi connectivity index (χ1n) is 6.24. The molecule has 0 spiro atoms. The summed E-state index contributed by atoms with van der Waals surface area (Å²) in [7, 11) is 0. The van der Waals surface area contributed by atoms with E-state index in [9.17, 15) is 9.59 Å². The van der Waals surface area contributed by atoms with Crippen molar-refractivity contribution in [2.75, 3.05) is 22.9 Å². The van der Waals surface area contributed by atoms with E-state index in [0.717, 1.165) is 10.0 Å². The van der Waals surface area contributed by atoms with Crippen molar-refractivity contribution in [3.05, 3.63) is 16.2 Å². The lowest BCUT2D eigenvalue weighted by Crippen LogP contribution is -2.27. The van der Waals surface area contributed by atoms with Crippen LogP contribution in [0.1, 0.15) is 18.9 Å².